The van der Waals surface area contributed by atoms with Crippen LogP contribution in [0.4, 0.5) is 0 Å². The molecule has 2 amide bonds. The van der Waals surface area contributed by atoms with Crippen molar-refractivity contribution in [3.63, 3.8) is 0 Å². The van der Waals surface area contributed by atoms with Crippen LogP contribution in [-0.2, 0) is 24.1 Å². The van der Waals surface area contributed by atoms with Crippen LogP contribution in [0.5, 0.6) is 10.8 Å². The molecule has 30 heavy (non-hydrogen) atoms. The van der Waals surface area contributed by atoms with Gasteiger partial charge in [-0.05, 0) is 48.1 Å². The van der Waals surface area contributed by atoms with Crippen molar-refractivity contribution in [3.05, 3.63) is 52.0 Å². The van der Waals surface area contributed by atoms with Gasteiger partial charge in [0.15, 0.2) is 5.06 Å². The van der Waals surface area contributed by atoms with Crippen molar-refractivity contribution in [1.82, 2.24) is 15.1 Å². The van der Waals surface area contributed by atoms with Crippen LogP contribution < -0.4 is 16.2 Å². The van der Waals surface area contributed by atoms with Crippen LogP contribution in [0.2, 0.25) is 0 Å². The largest absolute Gasteiger partial charge is 0.446 e. The number of amides is 2. The first-order valence-corrected chi connectivity index (χ1v) is 10.4. The summed E-state index contributed by atoms with van der Waals surface area (Å²) in [6.45, 7) is 0. The minimum Gasteiger partial charge on any atom is -0.446 e. The number of H-pyrrole nitrogens is 1. The van der Waals surface area contributed by atoms with E-state index < -0.39 is 11.9 Å². The molecule has 1 aliphatic rings. The number of carbonyl (C=O) groups excluding carboxylic acids is 2. The Morgan fingerprint density at radius 2 is 2.00 bits per heavy atom. The van der Waals surface area contributed by atoms with Crippen LogP contribution >= 0.6 is 11.3 Å². The molecule has 156 valence electrons. The third-order valence-corrected chi connectivity index (χ3v) is 6.28. The standard InChI is InChI=1S/C21H23N5O3S/c1-26(2)20(28)15(22)9-11-3-6-13(7-4-11)29-21-16-14(18(30-21)19(23)27)8-5-12-10-24-25-17(12)16/h3-4,6-7,10,15H,5,8-9,22H2,1-2H3,(H2,23,27)(H,24,25)/t15-/m0/s1. The fourth-order valence-electron chi connectivity index (χ4n) is 3.65. The molecule has 1 atom stereocenters. The Morgan fingerprint density at radius 1 is 1.27 bits per heavy atom. The maximum Gasteiger partial charge on any atom is 0.259 e. The molecule has 9 heteroatoms. The highest BCUT2D eigenvalue weighted by Crippen LogP contribution is 2.47. The van der Waals surface area contributed by atoms with Gasteiger partial charge >= 0.3 is 0 Å². The first-order valence-electron chi connectivity index (χ1n) is 9.56. The second-order valence-corrected chi connectivity index (χ2v) is 8.48. The fourth-order valence-corrected chi connectivity index (χ4v) is 4.73. The summed E-state index contributed by atoms with van der Waals surface area (Å²) in [5.74, 6) is 0.0526. The molecule has 1 aliphatic carbocycles. The third kappa shape index (κ3) is 3.69. The Hall–Kier alpha value is -3.17. The number of benzene rings is 1. The number of rotatable bonds is 6. The number of nitrogens with zero attached hydrogens (tertiary/aromatic N) is 2. The second-order valence-electron chi connectivity index (χ2n) is 7.50. The van der Waals surface area contributed by atoms with Crippen LogP contribution in [-0.4, -0.2) is 47.0 Å². The number of hydrogen-bond donors (Lipinski definition) is 3. The van der Waals surface area contributed by atoms with Crippen LogP contribution in [0.3, 0.4) is 0 Å². The number of carbonyl (C=O) groups is 2. The lowest BCUT2D eigenvalue weighted by atomic mass is 9.92. The molecular weight excluding hydrogens is 402 g/mol. The smallest absolute Gasteiger partial charge is 0.259 e. The molecule has 8 nitrogen and oxygen atoms in total. The minimum atomic E-state index is -0.590. The molecule has 0 saturated carbocycles. The van der Waals surface area contributed by atoms with Crippen LogP contribution in [0.25, 0.3) is 11.3 Å². The summed E-state index contributed by atoms with van der Waals surface area (Å²) in [6.07, 6.45) is 3.76. The Labute approximate surface area is 177 Å². The van der Waals surface area contributed by atoms with E-state index in [4.69, 9.17) is 16.2 Å². The molecular formula is C21H23N5O3S. The molecule has 2 aromatic heterocycles. The Morgan fingerprint density at radius 3 is 2.67 bits per heavy atom. The molecule has 0 unspecified atom stereocenters. The van der Waals surface area contributed by atoms with Crippen molar-refractivity contribution < 1.29 is 14.3 Å². The molecule has 3 aromatic rings. The van der Waals surface area contributed by atoms with Crippen LogP contribution in [0.15, 0.2) is 30.5 Å². The summed E-state index contributed by atoms with van der Waals surface area (Å²) < 4.78 is 6.14. The van der Waals surface area contributed by atoms with E-state index in [-0.39, 0.29) is 5.91 Å². The van der Waals surface area contributed by atoms with E-state index in [0.717, 1.165) is 40.8 Å². The number of hydrogen-bond acceptors (Lipinski definition) is 6. The topological polar surface area (TPSA) is 127 Å². The van der Waals surface area contributed by atoms with E-state index in [1.165, 1.54) is 16.2 Å². The van der Waals surface area contributed by atoms with Crippen molar-refractivity contribution in [3.8, 4) is 22.1 Å². The molecule has 0 radical (unpaired) electrons. The van der Waals surface area contributed by atoms with E-state index in [9.17, 15) is 9.59 Å². The number of nitrogens with one attached hydrogen (secondary N) is 1. The SMILES string of the molecule is CN(C)C(=O)[C@@H](N)Cc1ccc(Oc2sc(C(N)=O)c3c2-c2[nH]ncc2CC3)cc1. The number of aryl methyl sites for hydroxylation is 1. The van der Waals surface area contributed by atoms with E-state index >= 15 is 0 Å². The van der Waals surface area contributed by atoms with Gasteiger partial charge in [0.05, 0.1) is 28.4 Å². The lowest BCUT2D eigenvalue weighted by Gasteiger charge is -2.17. The number of fused-ring (bicyclic) bond motifs is 3. The highest BCUT2D eigenvalue weighted by atomic mass is 32.1. The molecule has 0 saturated heterocycles. The molecule has 2 heterocycles. The minimum absolute atomic E-state index is 0.116. The predicted molar refractivity (Wildman–Crippen MR) is 115 cm³/mol. The molecule has 0 bridgehead atoms. The number of ether oxygens (including phenoxy) is 1. The van der Waals surface area contributed by atoms with Crippen molar-refractivity contribution in [2.45, 2.75) is 25.3 Å². The van der Waals surface area contributed by atoms with Gasteiger partial charge in [0.1, 0.15) is 5.75 Å². The van der Waals surface area contributed by atoms with Crippen LogP contribution in [0, 0.1) is 0 Å². The Balaban J connectivity index is 1.58. The average molecular weight is 426 g/mol. The van der Waals surface area contributed by atoms with E-state index in [1.54, 1.807) is 20.3 Å². The summed E-state index contributed by atoms with van der Waals surface area (Å²) in [5.41, 5.74) is 16.2. The maximum atomic E-state index is 12.0. The Kier molecular flexibility index (Phi) is 5.31. The fraction of sp³-hybridized carbons (Fsp3) is 0.286. The van der Waals surface area contributed by atoms with Crippen molar-refractivity contribution >= 4 is 23.2 Å². The molecule has 1 aromatic carbocycles. The molecule has 4 rings (SSSR count). The summed E-state index contributed by atoms with van der Waals surface area (Å²) in [6, 6.07) is 6.83. The molecule has 0 spiro atoms. The second kappa shape index (κ2) is 7.92. The van der Waals surface area contributed by atoms with E-state index in [0.29, 0.717) is 22.1 Å². The van der Waals surface area contributed by atoms with Gasteiger partial charge in [-0.15, -0.1) is 0 Å². The monoisotopic (exact) mass is 425 g/mol. The lowest BCUT2D eigenvalue weighted by molar-refractivity contribution is -0.130. The first kappa shape index (κ1) is 20.1. The summed E-state index contributed by atoms with van der Waals surface area (Å²) in [7, 11) is 3.37. The molecule has 0 aliphatic heterocycles. The summed E-state index contributed by atoms with van der Waals surface area (Å²) in [4.78, 5) is 25.9. The van der Waals surface area contributed by atoms with Gasteiger partial charge in [-0.1, -0.05) is 23.5 Å². The number of likely N-dealkylation sites (N-methyl/N-ethyl adjacent to an activating group) is 1. The maximum absolute atomic E-state index is 12.0. The number of primary amides is 1. The van der Waals surface area contributed by atoms with Gasteiger partial charge in [-0.3, -0.25) is 14.7 Å². The summed E-state index contributed by atoms with van der Waals surface area (Å²) in [5, 5.41) is 7.76. The highest BCUT2D eigenvalue weighted by molar-refractivity contribution is 7.16. The normalized spacial score (nSPS) is 13.3. The zero-order chi connectivity index (χ0) is 21.4. The lowest BCUT2D eigenvalue weighted by Crippen LogP contribution is -2.41. The van der Waals surface area contributed by atoms with E-state index in [1.807, 2.05) is 24.3 Å². The van der Waals surface area contributed by atoms with Gasteiger partial charge in [0.25, 0.3) is 5.91 Å². The number of nitrogens with two attached hydrogens (primary N) is 2. The molecule has 5 N–H and O–H groups in total. The van der Waals surface area contributed by atoms with Crippen molar-refractivity contribution in [2.75, 3.05) is 14.1 Å². The number of thiophene rings is 1. The molecule has 0 fully saturated rings. The zero-order valence-electron chi connectivity index (χ0n) is 16.8. The number of aromatic nitrogens is 2. The van der Waals surface area contributed by atoms with Gasteiger partial charge in [-0.2, -0.15) is 5.10 Å². The van der Waals surface area contributed by atoms with E-state index in [2.05, 4.69) is 10.2 Å². The average Bonchev–Trinajstić information content (AvgIpc) is 3.33. The van der Waals surface area contributed by atoms with Crippen LogP contribution in [0.1, 0.15) is 26.4 Å². The predicted octanol–water partition coefficient (Wildman–Crippen LogP) is 2.09. The summed E-state index contributed by atoms with van der Waals surface area (Å²) >= 11 is 1.25. The van der Waals surface area contributed by atoms with Crippen molar-refractivity contribution in [2.24, 2.45) is 11.5 Å². The Bertz CT molecular complexity index is 1100. The third-order valence-electron chi connectivity index (χ3n) is 5.16. The van der Waals surface area contributed by atoms with Crippen molar-refractivity contribution in [1.29, 1.82) is 0 Å². The van der Waals surface area contributed by atoms with Gasteiger partial charge < -0.3 is 21.1 Å². The van der Waals surface area contributed by atoms with Gasteiger partial charge in [0.2, 0.25) is 5.91 Å². The highest BCUT2D eigenvalue weighted by Gasteiger charge is 2.29. The van der Waals surface area contributed by atoms with Gasteiger partial charge in [-0.25, -0.2) is 0 Å². The van der Waals surface area contributed by atoms with Gasteiger partial charge in [0, 0.05) is 14.1 Å². The first-order chi connectivity index (χ1) is 14.3. The number of aromatic amines is 1. The zero-order valence-corrected chi connectivity index (χ0v) is 17.6. The quantitative estimate of drug-likeness (QED) is 0.557.